The lowest BCUT2D eigenvalue weighted by atomic mass is 10.1. The number of nitrogen functional groups attached to an aromatic ring is 1. The summed E-state index contributed by atoms with van der Waals surface area (Å²) in [5.74, 6) is 0. The first-order valence-corrected chi connectivity index (χ1v) is 7.75. The normalized spacial score (nSPS) is 10.3. The largest absolute Gasteiger partial charge is 0.397 e. The predicted molar refractivity (Wildman–Crippen MR) is 83.7 cm³/mol. The maximum atomic E-state index is 9.07. The second-order valence-corrected chi connectivity index (χ2v) is 6.53. The molecule has 0 aliphatic heterocycles. The standard InChI is InChI=1S/C13H10Br2N2S/c1-2-8-12(17)11(6-16)18-13(8)9-4-3-7(14)5-10(9)15/h3-5H,2,17H2,1H3. The van der Waals surface area contributed by atoms with Crippen molar-refractivity contribution in [3.8, 4) is 16.5 Å². The van der Waals surface area contributed by atoms with Crippen LogP contribution in [0.2, 0.25) is 0 Å². The highest BCUT2D eigenvalue weighted by atomic mass is 79.9. The maximum Gasteiger partial charge on any atom is 0.128 e. The number of anilines is 1. The van der Waals surface area contributed by atoms with Gasteiger partial charge in [0.2, 0.25) is 0 Å². The molecule has 5 heteroatoms. The number of halogens is 2. The van der Waals surface area contributed by atoms with Crippen molar-refractivity contribution in [1.29, 1.82) is 5.26 Å². The number of nitrogens with two attached hydrogens (primary N) is 1. The number of hydrogen-bond donors (Lipinski definition) is 1. The molecule has 2 rings (SSSR count). The molecule has 18 heavy (non-hydrogen) atoms. The smallest absolute Gasteiger partial charge is 0.128 e. The third-order valence-electron chi connectivity index (χ3n) is 2.68. The SMILES string of the molecule is CCc1c(-c2ccc(Br)cc2Br)sc(C#N)c1N. The van der Waals surface area contributed by atoms with E-state index in [0.29, 0.717) is 10.6 Å². The van der Waals surface area contributed by atoms with Crippen molar-refractivity contribution in [1.82, 2.24) is 0 Å². The molecule has 0 saturated carbocycles. The number of benzene rings is 1. The second kappa shape index (κ2) is 5.43. The van der Waals surface area contributed by atoms with Gasteiger partial charge in [-0.05, 0) is 24.1 Å². The number of nitriles is 1. The van der Waals surface area contributed by atoms with Crippen LogP contribution in [0.5, 0.6) is 0 Å². The third kappa shape index (κ3) is 2.33. The lowest BCUT2D eigenvalue weighted by Gasteiger charge is -2.05. The third-order valence-corrected chi connectivity index (χ3v) is 5.01. The summed E-state index contributed by atoms with van der Waals surface area (Å²) in [6.07, 6.45) is 0.821. The fourth-order valence-electron chi connectivity index (χ4n) is 1.80. The molecule has 1 heterocycles. The molecular weight excluding hydrogens is 376 g/mol. The van der Waals surface area contributed by atoms with Crippen molar-refractivity contribution in [2.75, 3.05) is 5.73 Å². The Morgan fingerprint density at radius 1 is 1.39 bits per heavy atom. The minimum Gasteiger partial charge on any atom is -0.397 e. The Morgan fingerprint density at radius 2 is 2.11 bits per heavy atom. The van der Waals surface area contributed by atoms with Crippen molar-refractivity contribution in [3.63, 3.8) is 0 Å². The first kappa shape index (κ1) is 13.6. The Labute approximate surface area is 127 Å². The van der Waals surface area contributed by atoms with E-state index in [4.69, 9.17) is 11.0 Å². The Kier molecular flexibility index (Phi) is 4.10. The zero-order valence-electron chi connectivity index (χ0n) is 9.63. The summed E-state index contributed by atoms with van der Waals surface area (Å²) in [5, 5.41) is 9.07. The highest BCUT2D eigenvalue weighted by Gasteiger charge is 2.17. The highest BCUT2D eigenvalue weighted by Crippen LogP contribution is 2.42. The van der Waals surface area contributed by atoms with Gasteiger partial charge < -0.3 is 5.73 Å². The van der Waals surface area contributed by atoms with Crippen LogP contribution in [0.3, 0.4) is 0 Å². The number of rotatable bonds is 2. The lowest BCUT2D eigenvalue weighted by molar-refractivity contribution is 1.16. The van der Waals surface area contributed by atoms with Crippen molar-refractivity contribution >= 4 is 48.9 Å². The molecule has 0 radical (unpaired) electrons. The molecule has 0 saturated heterocycles. The molecule has 1 aromatic carbocycles. The predicted octanol–water partition coefficient (Wildman–Crippen LogP) is 4.96. The Balaban J connectivity index is 2.68. The fourth-order valence-corrected chi connectivity index (χ4v) is 4.33. The molecule has 0 fully saturated rings. The first-order chi connectivity index (χ1) is 8.58. The average molecular weight is 386 g/mol. The molecule has 0 aliphatic carbocycles. The van der Waals surface area contributed by atoms with Crippen molar-refractivity contribution < 1.29 is 0 Å². The van der Waals surface area contributed by atoms with Gasteiger partial charge in [-0.3, -0.25) is 0 Å². The Hall–Kier alpha value is -0.830. The Morgan fingerprint density at radius 3 is 2.67 bits per heavy atom. The molecule has 2 N–H and O–H groups in total. The van der Waals surface area contributed by atoms with E-state index in [9.17, 15) is 0 Å². The van der Waals surface area contributed by atoms with Crippen LogP contribution in [0, 0.1) is 11.3 Å². The van der Waals surface area contributed by atoms with Crippen molar-refractivity contribution in [2.45, 2.75) is 13.3 Å². The van der Waals surface area contributed by atoms with E-state index in [0.717, 1.165) is 31.4 Å². The molecule has 0 spiro atoms. The average Bonchev–Trinajstić information content (AvgIpc) is 2.65. The monoisotopic (exact) mass is 384 g/mol. The van der Waals surface area contributed by atoms with Crippen LogP contribution < -0.4 is 5.73 Å². The molecule has 0 aliphatic rings. The van der Waals surface area contributed by atoms with Gasteiger partial charge in [0.1, 0.15) is 10.9 Å². The Bertz CT molecular complexity index is 641. The molecule has 92 valence electrons. The summed E-state index contributed by atoms with van der Waals surface area (Å²) in [7, 11) is 0. The fraction of sp³-hybridized carbons (Fsp3) is 0.154. The summed E-state index contributed by atoms with van der Waals surface area (Å²) < 4.78 is 2.01. The molecule has 1 aromatic heterocycles. The van der Waals surface area contributed by atoms with Crippen molar-refractivity contribution in [3.05, 3.63) is 37.6 Å². The van der Waals surface area contributed by atoms with Crippen molar-refractivity contribution in [2.24, 2.45) is 0 Å². The summed E-state index contributed by atoms with van der Waals surface area (Å²) in [6, 6.07) is 8.17. The maximum absolute atomic E-state index is 9.07. The number of thiophene rings is 1. The minimum absolute atomic E-state index is 0.594. The molecule has 0 bridgehead atoms. The first-order valence-electron chi connectivity index (χ1n) is 5.35. The van der Waals surface area contributed by atoms with Gasteiger partial charge in [-0.1, -0.05) is 44.8 Å². The van der Waals surface area contributed by atoms with Crippen LogP contribution in [-0.2, 0) is 6.42 Å². The van der Waals surface area contributed by atoms with Gasteiger partial charge in [0, 0.05) is 19.4 Å². The van der Waals surface area contributed by atoms with Crippen LogP contribution >= 0.6 is 43.2 Å². The van der Waals surface area contributed by atoms with Gasteiger partial charge in [-0.25, -0.2) is 0 Å². The van der Waals surface area contributed by atoms with Crippen LogP contribution in [-0.4, -0.2) is 0 Å². The number of hydrogen-bond acceptors (Lipinski definition) is 3. The van der Waals surface area contributed by atoms with E-state index < -0.39 is 0 Å². The van der Waals surface area contributed by atoms with E-state index in [1.807, 2.05) is 18.2 Å². The summed E-state index contributed by atoms with van der Waals surface area (Å²) >= 11 is 8.44. The molecule has 2 nitrogen and oxygen atoms in total. The topological polar surface area (TPSA) is 49.8 Å². The van der Waals surface area contributed by atoms with Gasteiger partial charge in [0.05, 0.1) is 5.69 Å². The van der Waals surface area contributed by atoms with Crippen LogP contribution in [0.25, 0.3) is 10.4 Å². The van der Waals surface area contributed by atoms with E-state index in [1.54, 1.807) is 0 Å². The zero-order chi connectivity index (χ0) is 13.3. The van der Waals surface area contributed by atoms with Crippen LogP contribution in [0.1, 0.15) is 17.4 Å². The van der Waals surface area contributed by atoms with Crippen LogP contribution in [0.4, 0.5) is 5.69 Å². The molecule has 2 aromatic rings. The zero-order valence-corrected chi connectivity index (χ0v) is 13.6. The van der Waals surface area contributed by atoms with Crippen LogP contribution in [0.15, 0.2) is 27.1 Å². The van der Waals surface area contributed by atoms with Gasteiger partial charge in [-0.2, -0.15) is 5.26 Å². The van der Waals surface area contributed by atoms with Gasteiger partial charge in [0.15, 0.2) is 0 Å². The van der Waals surface area contributed by atoms with E-state index in [2.05, 4.69) is 44.9 Å². The van der Waals surface area contributed by atoms with E-state index >= 15 is 0 Å². The van der Waals surface area contributed by atoms with Gasteiger partial charge >= 0.3 is 0 Å². The molecule has 0 atom stereocenters. The summed E-state index contributed by atoms with van der Waals surface area (Å²) in [6.45, 7) is 2.05. The molecule has 0 amide bonds. The summed E-state index contributed by atoms with van der Waals surface area (Å²) in [4.78, 5) is 1.67. The minimum atomic E-state index is 0.594. The lowest BCUT2D eigenvalue weighted by Crippen LogP contribution is -1.91. The second-order valence-electron chi connectivity index (χ2n) is 3.74. The van der Waals surface area contributed by atoms with E-state index in [-0.39, 0.29) is 0 Å². The van der Waals surface area contributed by atoms with Gasteiger partial charge in [0.25, 0.3) is 0 Å². The number of nitrogens with zero attached hydrogens (tertiary/aromatic N) is 1. The summed E-state index contributed by atoms with van der Waals surface area (Å²) in [5.41, 5.74) is 8.76. The van der Waals surface area contributed by atoms with Gasteiger partial charge in [-0.15, -0.1) is 11.3 Å². The quantitative estimate of drug-likeness (QED) is 0.794. The van der Waals surface area contributed by atoms with E-state index in [1.165, 1.54) is 11.3 Å². The highest BCUT2D eigenvalue weighted by molar-refractivity contribution is 9.11. The molecule has 0 unspecified atom stereocenters. The molecular formula is C13H10Br2N2S.